The van der Waals surface area contributed by atoms with Gasteiger partial charge in [-0.25, -0.2) is 9.97 Å². The van der Waals surface area contributed by atoms with Crippen LogP contribution in [-0.4, -0.2) is 16.5 Å². The van der Waals surface area contributed by atoms with Crippen LogP contribution < -0.4 is 5.32 Å². The first-order valence-corrected chi connectivity index (χ1v) is 5.31. The summed E-state index contributed by atoms with van der Waals surface area (Å²) in [6, 6.07) is 2.12. The van der Waals surface area contributed by atoms with Crippen molar-refractivity contribution in [2.45, 2.75) is 18.8 Å². The minimum absolute atomic E-state index is 0.146. The average molecular weight is 243 g/mol. The molecule has 0 fully saturated rings. The summed E-state index contributed by atoms with van der Waals surface area (Å²) in [5.41, 5.74) is 0.885. The number of nitriles is 1. The molecule has 1 unspecified atom stereocenters. The number of nitrogens with one attached hydrogen (secondary N) is 1. The van der Waals surface area contributed by atoms with Crippen LogP contribution in [0.25, 0.3) is 0 Å². The maximum absolute atomic E-state index is 8.53. The monoisotopic (exact) mass is 242 g/mol. The lowest BCUT2D eigenvalue weighted by Crippen LogP contribution is -2.01. The summed E-state index contributed by atoms with van der Waals surface area (Å²) in [6.45, 7) is 0.742. The molecule has 0 bridgehead atoms. The van der Waals surface area contributed by atoms with E-state index in [4.69, 9.17) is 28.5 Å². The van der Waals surface area contributed by atoms with Crippen molar-refractivity contribution < 1.29 is 0 Å². The average Bonchev–Trinajstić information content (AvgIpc) is 2.58. The van der Waals surface area contributed by atoms with Crippen molar-refractivity contribution in [3.63, 3.8) is 0 Å². The van der Waals surface area contributed by atoms with Crippen LogP contribution in [0.4, 0.5) is 5.82 Å². The van der Waals surface area contributed by atoms with Crippen LogP contribution in [0.2, 0.25) is 10.4 Å². The number of anilines is 1. The number of aromatic nitrogens is 2. The normalized spacial score (nSPS) is 18.1. The summed E-state index contributed by atoms with van der Waals surface area (Å²) in [6.07, 6.45) is 1.27. The molecule has 0 amide bonds. The third-order valence-corrected chi connectivity index (χ3v) is 2.86. The van der Waals surface area contributed by atoms with Gasteiger partial charge in [-0.3, -0.25) is 0 Å². The van der Waals surface area contributed by atoms with Gasteiger partial charge in [0.25, 0.3) is 0 Å². The standard InChI is InChI=1S/C9H8Cl2N4/c10-7-6-5(2-1-3-12)4-13-8(6)15-9(11)14-7/h5H,1-2,4H2,(H,13,14,15). The zero-order valence-corrected chi connectivity index (χ0v) is 9.31. The van der Waals surface area contributed by atoms with Gasteiger partial charge in [-0.05, 0) is 18.0 Å². The van der Waals surface area contributed by atoms with E-state index in [-0.39, 0.29) is 11.2 Å². The van der Waals surface area contributed by atoms with E-state index < -0.39 is 0 Å². The van der Waals surface area contributed by atoms with Crippen molar-refractivity contribution in [3.05, 3.63) is 16.0 Å². The van der Waals surface area contributed by atoms with E-state index in [0.29, 0.717) is 17.4 Å². The van der Waals surface area contributed by atoms with E-state index >= 15 is 0 Å². The summed E-state index contributed by atoms with van der Waals surface area (Å²) in [4.78, 5) is 7.95. The van der Waals surface area contributed by atoms with Gasteiger partial charge in [0.2, 0.25) is 5.28 Å². The van der Waals surface area contributed by atoms with Crippen molar-refractivity contribution >= 4 is 29.0 Å². The highest BCUT2D eigenvalue weighted by molar-refractivity contribution is 6.32. The summed E-state index contributed by atoms with van der Waals surface area (Å²) < 4.78 is 0. The lowest BCUT2D eigenvalue weighted by Gasteiger charge is -2.07. The van der Waals surface area contributed by atoms with Gasteiger partial charge in [0.05, 0.1) is 6.07 Å². The molecule has 0 spiro atoms. The second-order valence-corrected chi connectivity index (χ2v) is 4.02. The first kappa shape index (κ1) is 10.5. The van der Waals surface area contributed by atoms with E-state index in [2.05, 4.69) is 21.4 Å². The van der Waals surface area contributed by atoms with E-state index in [0.717, 1.165) is 18.5 Å². The van der Waals surface area contributed by atoms with Gasteiger partial charge < -0.3 is 5.32 Å². The fourth-order valence-electron chi connectivity index (χ4n) is 1.72. The molecule has 4 nitrogen and oxygen atoms in total. The molecule has 2 heterocycles. The fourth-order valence-corrected chi connectivity index (χ4v) is 2.26. The molecule has 1 aliphatic heterocycles. The number of halogens is 2. The lowest BCUT2D eigenvalue weighted by molar-refractivity contribution is 0.688. The van der Waals surface area contributed by atoms with E-state index in [1.165, 1.54) is 0 Å². The molecule has 1 atom stereocenters. The first-order valence-electron chi connectivity index (χ1n) is 4.56. The zero-order valence-electron chi connectivity index (χ0n) is 7.80. The molecular formula is C9H8Cl2N4. The van der Waals surface area contributed by atoms with Gasteiger partial charge in [0.15, 0.2) is 0 Å². The Bertz CT molecular complexity index is 427. The van der Waals surface area contributed by atoms with Crippen molar-refractivity contribution in [1.82, 2.24) is 9.97 Å². The molecule has 0 radical (unpaired) electrons. The van der Waals surface area contributed by atoms with Gasteiger partial charge >= 0.3 is 0 Å². The Morgan fingerprint density at radius 3 is 3.00 bits per heavy atom. The third kappa shape index (κ3) is 1.99. The largest absolute Gasteiger partial charge is 0.369 e. The van der Waals surface area contributed by atoms with Gasteiger partial charge in [-0.1, -0.05) is 11.6 Å². The lowest BCUT2D eigenvalue weighted by atomic mass is 9.99. The second kappa shape index (κ2) is 4.21. The smallest absolute Gasteiger partial charge is 0.225 e. The molecule has 1 N–H and O–H groups in total. The Morgan fingerprint density at radius 1 is 1.47 bits per heavy atom. The Morgan fingerprint density at radius 2 is 2.27 bits per heavy atom. The molecule has 1 aromatic rings. The van der Waals surface area contributed by atoms with Gasteiger partial charge in [0.1, 0.15) is 11.0 Å². The summed E-state index contributed by atoms with van der Waals surface area (Å²) in [5, 5.41) is 12.2. The Balaban J connectivity index is 2.30. The molecule has 78 valence electrons. The van der Waals surface area contributed by atoms with Crippen molar-refractivity contribution in [1.29, 1.82) is 5.26 Å². The van der Waals surface area contributed by atoms with E-state index in [9.17, 15) is 0 Å². The number of fused-ring (bicyclic) bond motifs is 1. The molecule has 0 saturated heterocycles. The fraction of sp³-hybridized carbons (Fsp3) is 0.444. The van der Waals surface area contributed by atoms with Crippen LogP contribution in [0.1, 0.15) is 24.3 Å². The Hall–Kier alpha value is -1.05. The summed E-state index contributed by atoms with van der Waals surface area (Å²) in [7, 11) is 0. The number of hydrogen-bond donors (Lipinski definition) is 1. The van der Waals surface area contributed by atoms with Crippen LogP contribution in [0, 0.1) is 11.3 Å². The molecule has 0 saturated carbocycles. The summed E-state index contributed by atoms with van der Waals surface area (Å²) >= 11 is 11.7. The number of nitrogens with zero attached hydrogens (tertiary/aromatic N) is 3. The Labute approximate surface area is 97.2 Å². The third-order valence-electron chi connectivity index (χ3n) is 2.40. The van der Waals surface area contributed by atoms with E-state index in [1.807, 2.05) is 0 Å². The molecule has 1 aliphatic rings. The number of hydrogen-bond acceptors (Lipinski definition) is 4. The van der Waals surface area contributed by atoms with Crippen molar-refractivity contribution in [2.24, 2.45) is 0 Å². The van der Waals surface area contributed by atoms with Gasteiger partial charge in [0, 0.05) is 24.4 Å². The maximum atomic E-state index is 8.53. The van der Waals surface area contributed by atoms with E-state index in [1.54, 1.807) is 0 Å². The van der Waals surface area contributed by atoms with Crippen LogP contribution in [-0.2, 0) is 0 Å². The molecule has 0 aromatic carbocycles. The number of rotatable bonds is 2. The SMILES string of the molecule is N#CCCC1CNc2nc(Cl)nc(Cl)c21. The quantitative estimate of drug-likeness (QED) is 0.640. The van der Waals surface area contributed by atoms with Gasteiger partial charge in [-0.15, -0.1) is 0 Å². The second-order valence-electron chi connectivity index (χ2n) is 3.32. The predicted molar refractivity (Wildman–Crippen MR) is 58.1 cm³/mol. The predicted octanol–water partition coefficient (Wildman–Crippen LogP) is 2.60. The van der Waals surface area contributed by atoms with Crippen LogP contribution >= 0.6 is 23.2 Å². The van der Waals surface area contributed by atoms with Crippen molar-refractivity contribution in [3.8, 4) is 6.07 Å². The molecule has 0 aliphatic carbocycles. The topological polar surface area (TPSA) is 61.6 Å². The van der Waals surface area contributed by atoms with Crippen LogP contribution in [0.5, 0.6) is 0 Å². The highest BCUT2D eigenvalue weighted by Gasteiger charge is 2.27. The van der Waals surface area contributed by atoms with Crippen LogP contribution in [0.15, 0.2) is 0 Å². The molecule has 15 heavy (non-hydrogen) atoms. The first-order chi connectivity index (χ1) is 7.22. The highest BCUT2D eigenvalue weighted by atomic mass is 35.5. The minimum Gasteiger partial charge on any atom is -0.369 e. The highest BCUT2D eigenvalue weighted by Crippen LogP contribution is 2.37. The molecule has 1 aromatic heterocycles. The van der Waals surface area contributed by atoms with Gasteiger partial charge in [-0.2, -0.15) is 5.26 Å². The minimum atomic E-state index is 0.146. The maximum Gasteiger partial charge on any atom is 0.225 e. The Kier molecular flexibility index (Phi) is 2.94. The molecular weight excluding hydrogens is 235 g/mol. The zero-order chi connectivity index (χ0) is 10.8. The van der Waals surface area contributed by atoms with Crippen LogP contribution in [0.3, 0.4) is 0 Å². The molecule has 6 heteroatoms. The summed E-state index contributed by atoms with van der Waals surface area (Å²) in [5.74, 6) is 0.910. The van der Waals surface area contributed by atoms with Crippen molar-refractivity contribution in [2.75, 3.05) is 11.9 Å². The molecule has 2 rings (SSSR count).